The zero-order valence-electron chi connectivity index (χ0n) is 14.4. The van der Waals surface area contributed by atoms with Gasteiger partial charge in [0.25, 0.3) is 0 Å². The minimum Gasteiger partial charge on any atom is -0.314 e. The van der Waals surface area contributed by atoms with Gasteiger partial charge in [-0.3, -0.25) is 0 Å². The largest absolute Gasteiger partial charge is 0.314 e. The summed E-state index contributed by atoms with van der Waals surface area (Å²) in [5.74, 6) is 2.61. The number of nitrogens with one attached hydrogen (secondary N) is 1. The van der Waals surface area contributed by atoms with E-state index in [1.165, 1.54) is 45.3 Å². The van der Waals surface area contributed by atoms with Gasteiger partial charge < -0.3 is 10.2 Å². The summed E-state index contributed by atoms with van der Waals surface area (Å²) in [5.41, 5.74) is 0.525. The Morgan fingerprint density at radius 3 is 2.60 bits per heavy atom. The summed E-state index contributed by atoms with van der Waals surface area (Å²) >= 11 is 0. The van der Waals surface area contributed by atoms with E-state index in [4.69, 9.17) is 0 Å². The summed E-state index contributed by atoms with van der Waals surface area (Å²) < 4.78 is 0. The fourth-order valence-corrected chi connectivity index (χ4v) is 4.71. The average molecular weight is 280 g/mol. The zero-order valence-corrected chi connectivity index (χ0v) is 14.4. The number of nitrogens with zero attached hydrogens (tertiary/aromatic N) is 1. The van der Waals surface area contributed by atoms with Gasteiger partial charge in [0, 0.05) is 19.1 Å². The summed E-state index contributed by atoms with van der Waals surface area (Å²) in [5, 5.41) is 3.78. The molecule has 2 rings (SSSR count). The van der Waals surface area contributed by atoms with Crippen LogP contribution in [-0.4, -0.2) is 37.1 Å². The van der Waals surface area contributed by atoms with Crippen molar-refractivity contribution in [2.75, 3.05) is 26.2 Å². The second-order valence-corrected chi connectivity index (χ2v) is 8.38. The van der Waals surface area contributed by atoms with E-state index in [9.17, 15) is 0 Å². The van der Waals surface area contributed by atoms with Crippen LogP contribution >= 0.6 is 0 Å². The number of rotatable bonds is 4. The third-order valence-corrected chi connectivity index (χ3v) is 5.59. The second-order valence-electron chi connectivity index (χ2n) is 8.38. The van der Waals surface area contributed by atoms with Crippen molar-refractivity contribution in [2.45, 2.75) is 66.3 Å². The van der Waals surface area contributed by atoms with E-state index in [2.05, 4.69) is 44.8 Å². The molecule has 0 amide bonds. The van der Waals surface area contributed by atoms with Gasteiger partial charge in [0.2, 0.25) is 0 Å². The molecule has 2 nitrogen and oxygen atoms in total. The molecule has 2 heteroatoms. The Bertz CT molecular complexity index is 300. The number of likely N-dealkylation sites (tertiary alicyclic amines) is 1. The van der Waals surface area contributed by atoms with E-state index >= 15 is 0 Å². The lowest BCUT2D eigenvalue weighted by Crippen LogP contribution is -2.51. The molecule has 0 spiro atoms. The molecule has 1 N–H and O–H groups in total. The second kappa shape index (κ2) is 6.79. The van der Waals surface area contributed by atoms with Crippen LogP contribution < -0.4 is 5.32 Å². The zero-order chi connectivity index (χ0) is 14.8. The van der Waals surface area contributed by atoms with E-state index < -0.39 is 0 Å². The first-order valence-corrected chi connectivity index (χ1v) is 8.87. The molecular weight excluding hydrogens is 244 g/mol. The highest BCUT2D eigenvalue weighted by Crippen LogP contribution is 2.36. The Hall–Kier alpha value is -0.0800. The van der Waals surface area contributed by atoms with Gasteiger partial charge in [-0.15, -0.1) is 0 Å². The Morgan fingerprint density at radius 1 is 1.20 bits per heavy atom. The Morgan fingerprint density at radius 2 is 1.95 bits per heavy atom. The van der Waals surface area contributed by atoms with Gasteiger partial charge in [-0.05, 0) is 61.9 Å². The topological polar surface area (TPSA) is 15.3 Å². The van der Waals surface area contributed by atoms with Gasteiger partial charge >= 0.3 is 0 Å². The van der Waals surface area contributed by atoms with Crippen LogP contribution in [0.1, 0.15) is 60.3 Å². The highest BCUT2D eigenvalue weighted by Gasteiger charge is 2.36. The van der Waals surface area contributed by atoms with Crippen molar-refractivity contribution in [3.8, 4) is 0 Å². The van der Waals surface area contributed by atoms with Gasteiger partial charge in [-0.2, -0.15) is 0 Å². The first-order chi connectivity index (χ1) is 9.41. The van der Waals surface area contributed by atoms with Gasteiger partial charge in [-0.1, -0.05) is 34.6 Å². The van der Waals surface area contributed by atoms with E-state index in [1.54, 1.807) is 0 Å². The van der Waals surface area contributed by atoms with Crippen molar-refractivity contribution in [3.63, 3.8) is 0 Å². The Balaban J connectivity index is 1.97. The Labute approximate surface area is 126 Å². The van der Waals surface area contributed by atoms with Gasteiger partial charge in [-0.25, -0.2) is 0 Å². The molecule has 0 radical (unpaired) electrons. The van der Waals surface area contributed by atoms with E-state index in [0.717, 1.165) is 30.3 Å². The standard InChI is InChI=1S/C18H36N2/c1-6-19-17-11-14(2)10-15(3)16(17)12-20-9-7-8-18(4,5)13-20/h14-17,19H,6-13H2,1-5H3. The lowest BCUT2D eigenvalue weighted by atomic mass is 9.71. The predicted octanol–water partition coefficient (Wildman–Crippen LogP) is 3.77. The minimum atomic E-state index is 0.525. The molecule has 1 aliphatic carbocycles. The summed E-state index contributed by atoms with van der Waals surface area (Å²) in [4.78, 5) is 2.75. The highest BCUT2D eigenvalue weighted by molar-refractivity contribution is 4.91. The molecule has 20 heavy (non-hydrogen) atoms. The fraction of sp³-hybridized carbons (Fsp3) is 1.00. The van der Waals surface area contributed by atoms with Gasteiger partial charge in [0.05, 0.1) is 0 Å². The van der Waals surface area contributed by atoms with Crippen LogP contribution in [-0.2, 0) is 0 Å². The number of hydrogen-bond acceptors (Lipinski definition) is 2. The Kier molecular flexibility index (Phi) is 5.53. The molecule has 0 aromatic rings. The lowest BCUT2D eigenvalue weighted by Gasteiger charge is -2.45. The van der Waals surface area contributed by atoms with Crippen LogP contribution in [0.5, 0.6) is 0 Å². The maximum absolute atomic E-state index is 3.78. The van der Waals surface area contributed by atoms with E-state index in [0.29, 0.717) is 5.41 Å². The third-order valence-electron chi connectivity index (χ3n) is 5.59. The summed E-state index contributed by atoms with van der Waals surface area (Å²) in [6, 6.07) is 0.740. The molecule has 0 aromatic carbocycles. The first kappa shape index (κ1) is 16.3. The number of piperidine rings is 1. The van der Waals surface area contributed by atoms with Crippen molar-refractivity contribution < 1.29 is 0 Å². The monoisotopic (exact) mass is 280 g/mol. The van der Waals surface area contributed by atoms with E-state index in [-0.39, 0.29) is 0 Å². The van der Waals surface area contributed by atoms with Crippen molar-refractivity contribution >= 4 is 0 Å². The molecule has 1 saturated carbocycles. The van der Waals surface area contributed by atoms with Crippen LogP contribution in [0.3, 0.4) is 0 Å². The molecule has 2 fully saturated rings. The SMILES string of the molecule is CCNC1CC(C)CC(C)C1CN1CCCC(C)(C)C1. The summed E-state index contributed by atoms with van der Waals surface area (Å²) in [6.45, 7) is 17.1. The average Bonchev–Trinajstić information content (AvgIpc) is 2.32. The third kappa shape index (κ3) is 4.21. The minimum absolute atomic E-state index is 0.525. The predicted molar refractivity (Wildman–Crippen MR) is 88.0 cm³/mol. The van der Waals surface area contributed by atoms with E-state index in [1.807, 2.05) is 0 Å². The maximum Gasteiger partial charge on any atom is 0.0112 e. The van der Waals surface area contributed by atoms with Crippen LogP contribution in [0.25, 0.3) is 0 Å². The van der Waals surface area contributed by atoms with Crippen LogP contribution in [0.4, 0.5) is 0 Å². The summed E-state index contributed by atoms with van der Waals surface area (Å²) in [7, 11) is 0. The lowest BCUT2D eigenvalue weighted by molar-refractivity contribution is 0.0567. The molecule has 4 unspecified atom stereocenters. The van der Waals surface area contributed by atoms with Gasteiger partial charge in [0.1, 0.15) is 0 Å². The molecule has 118 valence electrons. The van der Waals surface area contributed by atoms with Crippen LogP contribution in [0, 0.1) is 23.2 Å². The molecule has 1 saturated heterocycles. The fourth-order valence-electron chi connectivity index (χ4n) is 4.71. The highest BCUT2D eigenvalue weighted by atomic mass is 15.1. The molecular formula is C18H36N2. The quantitative estimate of drug-likeness (QED) is 0.843. The maximum atomic E-state index is 3.78. The van der Waals surface area contributed by atoms with Crippen molar-refractivity contribution in [2.24, 2.45) is 23.2 Å². The van der Waals surface area contributed by atoms with Crippen molar-refractivity contribution in [1.82, 2.24) is 10.2 Å². The number of hydrogen-bond donors (Lipinski definition) is 1. The molecule has 4 atom stereocenters. The normalized spacial score (nSPS) is 38.9. The van der Waals surface area contributed by atoms with Crippen molar-refractivity contribution in [3.05, 3.63) is 0 Å². The van der Waals surface area contributed by atoms with Crippen LogP contribution in [0.15, 0.2) is 0 Å². The molecule has 2 aliphatic rings. The smallest absolute Gasteiger partial charge is 0.0112 e. The first-order valence-electron chi connectivity index (χ1n) is 8.87. The van der Waals surface area contributed by atoms with Gasteiger partial charge in [0.15, 0.2) is 0 Å². The molecule has 1 heterocycles. The van der Waals surface area contributed by atoms with Crippen molar-refractivity contribution in [1.29, 1.82) is 0 Å². The molecule has 0 bridgehead atoms. The molecule has 0 aromatic heterocycles. The van der Waals surface area contributed by atoms with Crippen LogP contribution in [0.2, 0.25) is 0 Å². The summed E-state index contributed by atoms with van der Waals surface area (Å²) in [6.07, 6.45) is 5.58. The molecule has 1 aliphatic heterocycles.